The second-order valence-corrected chi connectivity index (χ2v) is 7.26. The first kappa shape index (κ1) is 17.2. The smallest absolute Gasteiger partial charge is 0.310 e. The SMILES string of the molecule is CCOC(=O)[C@H]1CCCN(C(=O)[C@H]2CC(=O)N(C3CCCC3)C2)C1. The molecule has 0 bridgehead atoms. The lowest BCUT2D eigenvalue weighted by molar-refractivity contribution is -0.152. The van der Waals surface area contributed by atoms with Crippen molar-refractivity contribution in [1.29, 1.82) is 0 Å². The first-order valence-corrected chi connectivity index (χ1v) is 9.35. The Morgan fingerprint density at radius 3 is 2.54 bits per heavy atom. The number of carbonyl (C=O) groups excluding carboxylic acids is 3. The number of hydrogen-bond donors (Lipinski definition) is 0. The van der Waals surface area contributed by atoms with E-state index in [0.29, 0.717) is 38.7 Å². The molecule has 134 valence electrons. The topological polar surface area (TPSA) is 66.9 Å². The quantitative estimate of drug-likeness (QED) is 0.731. The Labute approximate surface area is 143 Å². The number of amides is 2. The first-order chi connectivity index (χ1) is 11.6. The van der Waals surface area contributed by atoms with Gasteiger partial charge in [-0.15, -0.1) is 0 Å². The van der Waals surface area contributed by atoms with E-state index >= 15 is 0 Å². The van der Waals surface area contributed by atoms with Gasteiger partial charge < -0.3 is 14.5 Å². The molecule has 0 aromatic rings. The second kappa shape index (κ2) is 7.53. The average molecular weight is 336 g/mol. The van der Waals surface area contributed by atoms with Crippen molar-refractivity contribution in [1.82, 2.24) is 9.80 Å². The molecule has 0 radical (unpaired) electrons. The number of likely N-dealkylation sites (tertiary alicyclic amines) is 2. The summed E-state index contributed by atoms with van der Waals surface area (Å²) in [6.45, 7) is 3.85. The van der Waals surface area contributed by atoms with Crippen LogP contribution < -0.4 is 0 Å². The molecule has 0 aromatic carbocycles. The molecule has 2 heterocycles. The number of ether oxygens (including phenoxy) is 1. The van der Waals surface area contributed by atoms with E-state index < -0.39 is 0 Å². The van der Waals surface area contributed by atoms with Crippen LogP contribution in [0.4, 0.5) is 0 Å². The van der Waals surface area contributed by atoms with E-state index in [-0.39, 0.29) is 29.6 Å². The van der Waals surface area contributed by atoms with Gasteiger partial charge in [0.2, 0.25) is 11.8 Å². The molecule has 0 spiro atoms. The molecule has 0 unspecified atom stereocenters. The third kappa shape index (κ3) is 3.57. The lowest BCUT2D eigenvalue weighted by atomic mass is 9.96. The van der Waals surface area contributed by atoms with Crippen LogP contribution in [0, 0.1) is 11.8 Å². The standard InChI is InChI=1S/C18H28N2O4/c1-2-24-18(23)13-6-5-9-19(11-13)17(22)14-10-16(21)20(12-14)15-7-3-4-8-15/h13-15H,2-12H2,1H3/t13-,14-/m0/s1. The highest BCUT2D eigenvalue weighted by molar-refractivity contribution is 5.89. The van der Waals surface area contributed by atoms with Crippen LogP contribution in [-0.2, 0) is 19.1 Å². The Bertz CT molecular complexity index is 501. The van der Waals surface area contributed by atoms with Crippen LogP contribution in [0.5, 0.6) is 0 Å². The van der Waals surface area contributed by atoms with E-state index in [1.54, 1.807) is 11.8 Å². The van der Waals surface area contributed by atoms with E-state index in [4.69, 9.17) is 4.74 Å². The van der Waals surface area contributed by atoms with E-state index in [0.717, 1.165) is 25.7 Å². The molecule has 0 aromatic heterocycles. The number of piperidine rings is 1. The Morgan fingerprint density at radius 1 is 1.08 bits per heavy atom. The minimum atomic E-state index is -0.237. The van der Waals surface area contributed by atoms with E-state index in [9.17, 15) is 14.4 Å². The van der Waals surface area contributed by atoms with Gasteiger partial charge in [-0.2, -0.15) is 0 Å². The summed E-state index contributed by atoms with van der Waals surface area (Å²) in [5, 5.41) is 0. The monoisotopic (exact) mass is 336 g/mol. The normalized spacial score (nSPS) is 28.5. The van der Waals surface area contributed by atoms with Crippen molar-refractivity contribution in [3.8, 4) is 0 Å². The number of esters is 1. The summed E-state index contributed by atoms with van der Waals surface area (Å²) >= 11 is 0. The van der Waals surface area contributed by atoms with Gasteiger partial charge in [-0.05, 0) is 32.6 Å². The highest BCUT2D eigenvalue weighted by Gasteiger charge is 2.41. The van der Waals surface area contributed by atoms with Crippen molar-refractivity contribution >= 4 is 17.8 Å². The maximum absolute atomic E-state index is 12.8. The molecule has 2 aliphatic heterocycles. The van der Waals surface area contributed by atoms with Crippen LogP contribution in [0.3, 0.4) is 0 Å². The molecule has 1 saturated carbocycles. The number of rotatable bonds is 4. The molecule has 24 heavy (non-hydrogen) atoms. The largest absolute Gasteiger partial charge is 0.466 e. The van der Waals surface area contributed by atoms with Crippen LogP contribution in [0.2, 0.25) is 0 Å². The summed E-state index contributed by atoms with van der Waals surface area (Å²) in [5.41, 5.74) is 0. The minimum absolute atomic E-state index is 0.0397. The van der Waals surface area contributed by atoms with Crippen molar-refractivity contribution in [3.05, 3.63) is 0 Å². The third-order valence-electron chi connectivity index (χ3n) is 5.63. The minimum Gasteiger partial charge on any atom is -0.466 e. The number of hydrogen-bond acceptors (Lipinski definition) is 4. The van der Waals surface area contributed by atoms with E-state index in [2.05, 4.69) is 0 Å². The van der Waals surface area contributed by atoms with Gasteiger partial charge >= 0.3 is 5.97 Å². The third-order valence-corrected chi connectivity index (χ3v) is 5.63. The molecule has 3 fully saturated rings. The van der Waals surface area contributed by atoms with Gasteiger partial charge in [-0.3, -0.25) is 14.4 Å². The number of nitrogens with zero attached hydrogens (tertiary/aromatic N) is 2. The highest BCUT2D eigenvalue weighted by Crippen LogP contribution is 2.31. The summed E-state index contributed by atoms with van der Waals surface area (Å²) in [6, 6.07) is 0.337. The Hall–Kier alpha value is -1.59. The first-order valence-electron chi connectivity index (χ1n) is 9.35. The Morgan fingerprint density at radius 2 is 1.83 bits per heavy atom. The molecule has 2 atom stereocenters. The van der Waals surface area contributed by atoms with E-state index in [1.165, 1.54) is 12.8 Å². The zero-order valence-corrected chi connectivity index (χ0v) is 14.5. The van der Waals surface area contributed by atoms with Crippen molar-refractivity contribution in [2.45, 2.75) is 57.9 Å². The maximum atomic E-state index is 12.8. The van der Waals surface area contributed by atoms with Crippen LogP contribution in [0.25, 0.3) is 0 Å². The van der Waals surface area contributed by atoms with Crippen LogP contribution >= 0.6 is 0 Å². The second-order valence-electron chi connectivity index (χ2n) is 7.26. The predicted molar refractivity (Wildman–Crippen MR) is 88.0 cm³/mol. The summed E-state index contributed by atoms with van der Waals surface area (Å²) < 4.78 is 5.10. The summed E-state index contributed by atoms with van der Waals surface area (Å²) in [4.78, 5) is 40.8. The van der Waals surface area contributed by atoms with Gasteiger partial charge in [0.05, 0.1) is 18.4 Å². The fraction of sp³-hybridized carbons (Fsp3) is 0.833. The molecule has 3 rings (SSSR count). The maximum Gasteiger partial charge on any atom is 0.310 e. The van der Waals surface area contributed by atoms with E-state index in [1.807, 2.05) is 4.90 Å². The van der Waals surface area contributed by atoms with Gasteiger partial charge in [-0.1, -0.05) is 12.8 Å². The zero-order chi connectivity index (χ0) is 17.1. The van der Waals surface area contributed by atoms with Crippen molar-refractivity contribution < 1.29 is 19.1 Å². The lowest BCUT2D eigenvalue weighted by Gasteiger charge is -2.33. The molecular formula is C18H28N2O4. The molecule has 6 heteroatoms. The van der Waals surface area contributed by atoms with Crippen molar-refractivity contribution in [3.63, 3.8) is 0 Å². The Kier molecular flexibility index (Phi) is 5.41. The molecule has 2 saturated heterocycles. The molecule has 1 aliphatic carbocycles. The van der Waals surface area contributed by atoms with Gasteiger partial charge in [0.15, 0.2) is 0 Å². The Balaban J connectivity index is 1.57. The zero-order valence-electron chi connectivity index (χ0n) is 14.5. The lowest BCUT2D eigenvalue weighted by Crippen LogP contribution is -2.46. The molecule has 6 nitrogen and oxygen atoms in total. The fourth-order valence-corrected chi connectivity index (χ4v) is 4.35. The predicted octanol–water partition coefficient (Wildman–Crippen LogP) is 1.58. The molecule has 2 amide bonds. The summed E-state index contributed by atoms with van der Waals surface area (Å²) in [7, 11) is 0. The van der Waals surface area contributed by atoms with Gasteiger partial charge in [-0.25, -0.2) is 0 Å². The highest BCUT2D eigenvalue weighted by atomic mass is 16.5. The fourth-order valence-electron chi connectivity index (χ4n) is 4.35. The summed E-state index contributed by atoms with van der Waals surface area (Å²) in [6.07, 6.45) is 6.43. The molecule has 3 aliphatic rings. The van der Waals surface area contributed by atoms with Crippen LogP contribution in [-0.4, -0.2) is 59.9 Å². The van der Waals surface area contributed by atoms with Gasteiger partial charge in [0.1, 0.15) is 0 Å². The van der Waals surface area contributed by atoms with Crippen molar-refractivity contribution in [2.24, 2.45) is 11.8 Å². The van der Waals surface area contributed by atoms with Gasteiger partial charge in [0.25, 0.3) is 0 Å². The molecule has 0 N–H and O–H groups in total. The van der Waals surface area contributed by atoms with Gasteiger partial charge in [0, 0.05) is 32.1 Å². The van der Waals surface area contributed by atoms with Crippen molar-refractivity contribution in [2.75, 3.05) is 26.2 Å². The van der Waals surface area contributed by atoms with Crippen LogP contribution in [0.15, 0.2) is 0 Å². The summed E-state index contributed by atoms with van der Waals surface area (Å²) in [5.74, 6) is -0.494. The average Bonchev–Trinajstić information content (AvgIpc) is 3.24. The van der Waals surface area contributed by atoms with Crippen LogP contribution in [0.1, 0.15) is 51.9 Å². The molecular weight excluding hydrogens is 308 g/mol. The number of carbonyl (C=O) groups is 3.